The van der Waals surface area contributed by atoms with Gasteiger partial charge in [-0.1, -0.05) is 152 Å². The summed E-state index contributed by atoms with van der Waals surface area (Å²) in [5.41, 5.74) is 11.8. The van der Waals surface area contributed by atoms with E-state index in [2.05, 4.69) is 170 Å². The maximum absolute atomic E-state index is 6.35. The summed E-state index contributed by atoms with van der Waals surface area (Å²) in [4.78, 5) is 0. The summed E-state index contributed by atoms with van der Waals surface area (Å²) in [7, 11) is 0. The van der Waals surface area contributed by atoms with Crippen LogP contribution in [0.4, 0.5) is 0 Å². The molecule has 0 N–H and O–H groups in total. The highest BCUT2D eigenvalue weighted by atomic mass is 16.3. The molecule has 0 saturated heterocycles. The Kier molecular flexibility index (Phi) is 5.64. The molecule has 0 bridgehead atoms. The second-order valence-corrected chi connectivity index (χ2v) is 12.4. The van der Waals surface area contributed by atoms with Crippen LogP contribution in [0, 0.1) is 0 Å². The highest BCUT2D eigenvalue weighted by Gasteiger charge is 2.23. The molecule has 1 heterocycles. The Morgan fingerprint density at radius 3 is 1.43 bits per heavy atom. The standard InChI is InChI=1S/C46H28O/c1-2-14-29(15-3-1)31-17-4-5-18-32(31)33-19-6-7-20-34(33)44-35-21-8-10-23-37(35)45(38-24-11-9-22-36(38)44)40-28-30-16-12-26-41-43(30)46-39(40)25-13-27-42(46)47-41/h1-28H. The second-order valence-electron chi connectivity index (χ2n) is 12.4. The molecule has 1 nitrogen and oxygen atoms in total. The van der Waals surface area contributed by atoms with Gasteiger partial charge in [0.15, 0.2) is 0 Å². The second kappa shape index (κ2) is 10.2. The molecule has 9 aromatic carbocycles. The molecule has 0 aliphatic heterocycles. The zero-order valence-electron chi connectivity index (χ0n) is 25.6. The Hall–Kier alpha value is -6.18. The summed E-state index contributed by atoms with van der Waals surface area (Å²) in [5, 5.41) is 9.82. The smallest absolute Gasteiger partial charge is 0.136 e. The fourth-order valence-corrected chi connectivity index (χ4v) is 7.91. The molecule has 0 unspecified atom stereocenters. The van der Waals surface area contributed by atoms with Gasteiger partial charge in [-0.25, -0.2) is 0 Å². The molecule has 218 valence electrons. The Bertz CT molecular complexity index is 2730. The van der Waals surface area contributed by atoms with Gasteiger partial charge in [0, 0.05) is 10.8 Å². The van der Waals surface area contributed by atoms with Crippen LogP contribution in [-0.4, -0.2) is 0 Å². The van der Waals surface area contributed by atoms with E-state index in [-0.39, 0.29) is 0 Å². The summed E-state index contributed by atoms with van der Waals surface area (Å²) in [6, 6.07) is 61.5. The van der Waals surface area contributed by atoms with Crippen LogP contribution in [0.5, 0.6) is 0 Å². The van der Waals surface area contributed by atoms with Gasteiger partial charge in [0.2, 0.25) is 0 Å². The quantitative estimate of drug-likeness (QED) is 0.145. The van der Waals surface area contributed by atoms with E-state index < -0.39 is 0 Å². The lowest BCUT2D eigenvalue weighted by Gasteiger charge is -2.21. The van der Waals surface area contributed by atoms with E-state index in [0.29, 0.717) is 0 Å². The van der Waals surface area contributed by atoms with Crippen LogP contribution < -0.4 is 0 Å². The Labute approximate surface area is 272 Å². The van der Waals surface area contributed by atoms with Crippen molar-refractivity contribution in [2.24, 2.45) is 0 Å². The van der Waals surface area contributed by atoms with Crippen molar-refractivity contribution in [1.82, 2.24) is 0 Å². The van der Waals surface area contributed by atoms with E-state index in [0.717, 1.165) is 11.2 Å². The molecule has 0 aliphatic carbocycles. The molecule has 47 heavy (non-hydrogen) atoms. The Morgan fingerprint density at radius 2 is 0.766 bits per heavy atom. The number of hydrogen-bond acceptors (Lipinski definition) is 1. The average Bonchev–Trinajstić information content (AvgIpc) is 3.53. The molecule has 0 fully saturated rings. The molecule has 0 saturated carbocycles. The normalized spacial score (nSPS) is 11.8. The van der Waals surface area contributed by atoms with Gasteiger partial charge in [-0.15, -0.1) is 0 Å². The van der Waals surface area contributed by atoms with Crippen LogP contribution in [0.1, 0.15) is 0 Å². The lowest BCUT2D eigenvalue weighted by atomic mass is 9.82. The number of furan rings is 1. The van der Waals surface area contributed by atoms with Gasteiger partial charge in [0.1, 0.15) is 11.2 Å². The largest absolute Gasteiger partial charge is 0.456 e. The van der Waals surface area contributed by atoms with Crippen molar-refractivity contribution >= 4 is 54.3 Å². The molecule has 1 heteroatoms. The van der Waals surface area contributed by atoms with Crippen LogP contribution in [0.15, 0.2) is 174 Å². The third kappa shape index (κ3) is 3.84. The van der Waals surface area contributed by atoms with E-state index >= 15 is 0 Å². The van der Waals surface area contributed by atoms with Gasteiger partial charge < -0.3 is 4.42 Å². The molecule has 10 rings (SSSR count). The molecule has 1 aromatic heterocycles. The lowest BCUT2D eigenvalue weighted by molar-refractivity contribution is 0.669. The van der Waals surface area contributed by atoms with E-state index in [9.17, 15) is 0 Å². The highest BCUT2D eigenvalue weighted by molar-refractivity contribution is 6.30. The van der Waals surface area contributed by atoms with Gasteiger partial charge >= 0.3 is 0 Å². The van der Waals surface area contributed by atoms with E-state index in [1.54, 1.807) is 0 Å². The van der Waals surface area contributed by atoms with Crippen molar-refractivity contribution < 1.29 is 4.42 Å². The Balaban J connectivity index is 1.32. The summed E-state index contributed by atoms with van der Waals surface area (Å²) in [6.45, 7) is 0. The molecule has 0 aliphatic rings. The number of fused-ring (bicyclic) bond motifs is 2. The molecule has 0 spiro atoms. The van der Waals surface area contributed by atoms with E-state index in [1.807, 2.05) is 0 Å². The molecule has 0 atom stereocenters. The molecular weight excluding hydrogens is 569 g/mol. The van der Waals surface area contributed by atoms with Gasteiger partial charge in [0.25, 0.3) is 0 Å². The van der Waals surface area contributed by atoms with Crippen LogP contribution in [0.25, 0.3) is 98.8 Å². The van der Waals surface area contributed by atoms with Crippen LogP contribution in [0.2, 0.25) is 0 Å². The number of benzene rings is 9. The van der Waals surface area contributed by atoms with Gasteiger partial charge in [-0.2, -0.15) is 0 Å². The molecule has 0 amide bonds. The summed E-state index contributed by atoms with van der Waals surface area (Å²) in [5.74, 6) is 0. The fraction of sp³-hybridized carbons (Fsp3) is 0. The minimum Gasteiger partial charge on any atom is -0.456 e. The van der Waals surface area contributed by atoms with Gasteiger partial charge in [-0.3, -0.25) is 0 Å². The zero-order valence-corrected chi connectivity index (χ0v) is 25.6. The van der Waals surface area contributed by atoms with Crippen LogP contribution >= 0.6 is 0 Å². The highest BCUT2D eigenvalue weighted by Crippen LogP contribution is 2.50. The fourth-order valence-electron chi connectivity index (χ4n) is 7.91. The summed E-state index contributed by atoms with van der Waals surface area (Å²) < 4.78 is 6.35. The van der Waals surface area contributed by atoms with Gasteiger partial charge in [-0.05, 0) is 95.0 Å². The number of hydrogen-bond donors (Lipinski definition) is 0. The van der Waals surface area contributed by atoms with E-state index in [1.165, 1.54) is 87.6 Å². The third-order valence-electron chi connectivity index (χ3n) is 9.84. The van der Waals surface area contributed by atoms with Crippen molar-refractivity contribution in [2.45, 2.75) is 0 Å². The predicted molar refractivity (Wildman–Crippen MR) is 199 cm³/mol. The SMILES string of the molecule is c1ccc(-c2ccccc2-c2ccccc2-c2c3ccccc3c(-c3cc4cccc5oc6cccc3c6c45)c3ccccc23)cc1. The zero-order chi connectivity index (χ0) is 30.9. The first-order chi connectivity index (χ1) is 23.3. The summed E-state index contributed by atoms with van der Waals surface area (Å²) in [6.07, 6.45) is 0. The monoisotopic (exact) mass is 596 g/mol. The first kappa shape index (κ1) is 26.1. The van der Waals surface area contributed by atoms with Crippen molar-refractivity contribution in [1.29, 1.82) is 0 Å². The summed E-state index contributed by atoms with van der Waals surface area (Å²) >= 11 is 0. The third-order valence-corrected chi connectivity index (χ3v) is 9.84. The predicted octanol–water partition coefficient (Wildman–Crippen LogP) is 13.2. The minimum absolute atomic E-state index is 0.937. The minimum atomic E-state index is 0.937. The first-order valence-electron chi connectivity index (χ1n) is 16.2. The molecule has 0 radical (unpaired) electrons. The topological polar surface area (TPSA) is 13.1 Å². The van der Waals surface area contributed by atoms with Crippen molar-refractivity contribution in [3.63, 3.8) is 0 Å². The van der Waals surface area contributed by atoms with Crippen LogP contribution in [-0.2, 0) is 0 Å². The van der Waals surface area contributed by atoms with Crippen molar-refractivity contribution in [2.75, 3.05) is 0 Å². The number of rotatable bonds is 4. The maximum Gasteiger partial charge on any atom is 0.136 e. The van der Waals surface area contributed by atoms with E-state index in [4.69, 9.17) is 4.42 Å². The Morgan fingerprint density at radius 1 is 0.298 bits per heavy atom. The van der Waals surface area contributed by atoms with Crippen molar-refractivity contribution in [3.8, 4) is 44.5 Å². The van der Waals surface area contributed by atoms with Crippen molar-refractivity contribution in [3.05, 3.63) is 170 Å². The van der Waals surface area contributed by atoms with Crippen LogP contribution in [0.3, 0.4) is 0 Å². The van der Waals surface area contributed by atoms with Gasteiger partial charge in [0.05, 0.1) is 0 Å². The lowest BCUT2D eigenvalue weighted by Crippen LogP contribution is -1.94. The molecule has 10 aromatic rings. The first-order valence-corrected chi connectivity index (χ1v) is 16.2. The maximum atomic E-state index is 6.35. The average molecular weight is 597 g/mol. The molecular formula is C46H28O.